The molecule has 0 aliphatic heterocycles. The van der Waals surface area contributed by atoms with E-state index < -0.39 is 0 Å². The predicted molar refractivity (Wildman–Crippen MR) is 61.3 cm³/mol. The Morgan fingerprint density at radius 2 is 1.69 bits per heavy atom. The lowest BCUT2D eigenvalue weighted by atomic mass is 9.89. The van der Waals surface area contributed by atoms with Crippen LogP contribution in [0.2, 0.25) is 0 Å². The minimum Gasteiger partial charge on any atom is -0.250 e. The van der Waals surface area contributed by atoms with Gasteiger partial charge in [-0.1, -0.05) is 40.0 Å². The van der Waals surface area contributed by atoms with Crippen molar-refractivity contribution in [2.24, 2.45) is 0 Å². The molecule has 1 aliphatic carbocycles. The summed E-state index contributed by atoms with van der Waals surface area (Å²) in [6, 6.07) is 0. The molecule has 0 amide bonds. The van der Waals surface area contributed by atoms with Gasteiger partial charge in [0.15, 0.2) is 0 Å². The molecule has 1 rings (SSSR count). The fourth-order valence-corrected chi connectivity index (χ4v) is 3.09. The standard InChI is InChI=1S/C9H17FS.C2H6/c1-2-11-9(8-10)6-4-3-5-7-9;1-2/h2-8H2,1H3;1-2H3. The summed E-state index contributed by atoms with van der Waals surface area (Å²) < 4.78 is 12.7. The van der Waals surface area contributed by atoms with Crippen molar-refractivity contribution in [2.75, 3.05) is 12.4 Å². The maximum Gasteiger partial charge on any atom is 0.104 e. The monoisotopic (exact) mass is 206 g/mol. The number of halogens is 1. The molecule has 0 unspecified atom stereocenters. The molecule has 0 aromatic carbocycles. The van der Waals surface area contributed by atoms with Crippen LogP contribution in [-0.2, 0) is 0 Å². The summed E-state index contributed by atoms with van der Waals surface area (Å²) in [5, 5.41) is 0. The van der Waals surface area contributed by atoms with Crippen molar-refractivity contribution in [1.29, 1.82) is 0 Å². The Morgan fingerprint density at radius 3 is 2.08 bits per heavy atom. The second-order valence-electron chi connectivity index (χ2n) is 3.31. The van der Waals surface area contributed by atoms with Gasteiger partial charge in [0.2, 0.25) is 0 Å². The average Bonchev–Trinajstić information content (AvgIpc) is 2.23. The first kappa shape index (κ1) is 13.3. The fraction of sp³-hybridized carbons (Fsp3) is 1.00. The normalized spacial score (nSPS) is 20.3. The van der Waals surface area contributed by atoms with Crippen molar-refractivity contribution < 1.29 is 4.39 Å². The van der Waals surface area contributed by atoms with Crippen molar-refractivity contribution in [1.82, 2.24) is 0 Å². The number of thioether (sulfide) groups is 1. The van der Waals surface area contributed by atoms with Gasteiger partial charge in [0.25, 0.3) is 0 Å². The number of rotatable bonds is 3. The van der Waals surface area contributed by atoms with Crippen LogP contribution in [0, 0.1) is 0 Å². The van der Waals surface area contributed by atoms with Crippen LogP contribution in [0.1, 0.15) is 52.9 Å². The van der Waals surface area contributed by atoms with Gasteiger partial charge in [0.1, 0.15) is 6.67 Å². The molecule has 0 nitrogen and oxygen atoms in total. The Labute approximate surface area is 86.7 Å². The highest BCUT2D eigenvalue weighted by atomic mass is 32.2. The molecule has 0 aromatic heterocycles. The van der Waals surface area contributed by atoms with Gasteiger partial charge >= 0.3 is 0 Å². The van der Waals surface area contributed by atoms with E-state index in [2.05, 4.69) is 6.92 Å². The van der Waals surface area contributed by atoms with Gasteiger partial charge in [0, 0.05) is 4.75 Å². The van der Waals surface area contributed by atoms with Gasteiger partial charge < -0.3 is 0 Å². The van der Waals surface area contributed by atoms with Crippen LogP contribution >= 0.6 is 11.8 Å². The van der Waals surface area contributed by atoms with E-state index in [0.717, 1.165) is 18.6 Å². The smallest absolute Gasteiger partial charge is 0.104 e. The highest BCUT2D eigenvalue weighted by Crippen LogP contribution is 2.39. The number of hydrogen-bond acceptors (Lipinski definition) is 1. The molecule has 0 radical (unpaired) electrons. The summed E-state index contributed by atoms with van der Waals surface area (Å²) in [5.41, 5.74) is 0. The summed E-state index contributed by atoms with van der Waals surface area (Å²) in [6.07, 6.45) is 5.98. The van der Waals surface area contributed by atoms with Gasteiger partial charge in [-0.3, -0.25) is 0 Å². The van der Waals surface area contributed by atoms with E-state index in [1.54, 1.807) is 0 Å². The van der Waals surface area contributed by atoms with Crippen molar-refractivity contribution in [3.8, 4) is 0 Å². The molecule has 0 atom stereocenters. The van der Waals surface area contributed by atoms with E-state index >= 15 is 0 Å². The fourth-order valence-electron chi connectivity index (χ4n) is 1.82. The first-order valence-corrected chi connectivity index (χ1v) is 6.51. The molecule has 0 saturated heterocycles. The molecule has 1 saturated carbocycles. The van der Waals surface area contributed by atoms with E-state index in [-0.39, 0.29) is 11.4 Å². The minimum absolute atomic E-state index is 0.0208. The zero-order valence-corrected chi connectivity index (χ0v) is 10.1. The lowest BCUT2D eigenvalue weighted by Crippen LogP contribution is -2.30. The van der Waals surface area contributed by atoms with E-state index in [9.17, 15) is 4.39 Å². The molecule has 0 aromatic rings. The molecule has 2 heteroatoms. The molecule has 1 fully saturated rings. The van der Waals surface area contributed by atoms with Crippen LogP contribution in [0.25, 0.3) is 0 Å². The summed E-state index contributed by atoms with van der Waals surface area (Å²) in [6.45, 7) is 6.00. The second kappa shape index (κ2) is 7.66. The van der Waals surface area contributed by atoms with Gasteiger partial charge in [0.05, 0.1) is 0 Å². The van der Waals surface area contributed by atoms with Crippen LogP contribution in [0.4, 0.5) is 4.39 Å². The molecule has 13 heavy (non-hydrogen) atoms. The summed E-state index contributed by atoms with van der Waals surface area (Å²) >= 11 is 1.82. The van der Waals surface area contributed by atoms with Crippen LogP contribution in [0.3, 0.4) is 0 Å². The zero-order chi connectivity index (χ0) is 10.2. The van der Waals surface area contributed by atoms with Crippen LogP contribution in [0.5, 0.6) is 0 Å². The second-order valence-corrected chi connectivity index (χ2v) is 5.04. The first-order chi connectivity index (χ1) is 6.33. The van der Waals surface area contributed by atoms with Crippen LogP contribution < -0.4 is 0 Å². The zero-order valence-electron chi connectivity index (χ0n) is 9.24. The number of hydrogen-bond donors (Lipinski definition) is 0. The largest absolute Gasteiger partial charge is 0.250 e. The van der Waals surface area contributed by atoms with E-state index in [4.69, 9.17) is 0 Å². The third-order valence-corrected chi connectivity index (χ3v) is 3.88. The van der Waals surface area contributed by atoms with Gasteiger partial charge in [-0.05, 0) is 18.6 Å². The summed E-state index contributed by atoms with van der Waals surface area (Å²) in [5.74, 6) is 1.06. The van der Waals surface area contributed by atoms with Gasteiger partial charge in [-0.25, -0.2) is 4.39 Å². The maximum atomic E-state index is 12.7. The Bertz CT molecular complexity index is 103. The topological polar surface area (TPSA) is 0 Å². The molecule has 0 spiro atoms. The molecule has 0 heterocycles. The van der Waals surface area contributed by atoms with Crippen molar-refractivity contribution in [2.45, 2.75) is 57.6 Å². The maximum absolute atomic E-state index is 12.7. The van der Waals surface area contributed by atoms with Gasteiger partial charge in [-0.15, -0.1) is 0 Å². The van der Waals surface area contributed by atoms with Crippen molar-refractivity contribution in [3.63, 3.8) is 0 Å². The first-order valence-electron chi connectivity index (χ1n) is 5.53. The van der Waals surface area contributed by atoms with Crippen molar-refractivity contribution >= 4 is 11.8 Å². The predicted octanol–water partition coefficient (Wildman–Crippen LogP) is 4.44. The van der Waals surface area contributed by atoms with Crippen molar-refractivity contribution in [3.05, 3.63) is 0 Å². The minimum atomic E-state index is -0.120. The summed E-state index contributed by atoms with van der Waals surface area (Å²) in [4.78, 5) is 0. The molecule has 0 N–H and O–H groups in total. The Balaban J connectivity index is 0.000000671. The lowest BCUT2D eigenvalue weighted by Gasteiger charge is -2.33. The lowest BCUT2D eigenvalue weighted by molar-refractivity contribution is 0.315. The Kier molecular flexibility index (Phi) is 7.83. The molecule has 80 valence electrons. The van der Waals surface area contributed by atoms with Crippen LogP contribution in [0.15, 0.2) is 0 Å². The molecular weight excluding hydrogens is 183 g/mol. The Morgan fingerprint density at radius 1 is 1.15 bits per heavy atom. The average molecular weight is 206 g/mol. The number of alkyl halides is 1. The molecule has 1 aliphatic rings. The van der Waals surface area contributed by atoms with Gasteiger partial charge in [-0.2, -0.15) is 11.8 Å². The Hall–Kier alpha value is 0.280. The molecule has 0 bridgehead atoms. The highest BCUT2D eigenvalue weighted by molar-refractivity contribution is 8.00. The quantitative estimate of drug-likeness (QED) is 0.658. The third kappa shape index (κ3) is 4.35. The highest BCUT2D eigenvalue weighted by Gasteiger charge is 2.31. The third-order valence-electron chi connectivity index (χ3n) is 2.46. The molecular formula is C11H23FS. The summed E-state index contributed by atoms with van der Waals surface area (Å²) in [7, 11) is 0. The van der Waals surface area contributed by atoms with E-state index in [0.29, 0.717) is 0 Å². The van der Waals surface area contributed by atoms with E-state index in [1.165, 1.54) is 19.3 Å². The van der Waals surface area contributed by atoms with E-state index in [1.807, 2.05) is 25.6 Å². The SMILES string of the molecule is CC.CCSC1(CF)CCCCC1. The van der Waals surface area contributed by atoms with Crippen LogP contribution in [-0.4, -0.2) is 17.2 Å².